The fourth-order valence-corrected chi connectivity index (χ4v) is 2.01. The number of halogens is 3. The Balaban J connectivity index is 2.87. The zero-order valence-corrected chi connectivity index (χ0v) is 10.9. The van der Waals surface area contributed by atoms with E-state index in [1.807, 2.05) is 4.98 Å². The summed E-state index contributed by atoms with van der Waals surface area (Å²) in [7, 11) is 0. The van der Waals surface area contributed by atoms with Crippen LogP contribution in [0, 0.1) is 0 Å². The van der Waals surface area contributed by atoms with E-state index in [2.05, 4.69) is 0 Å². The van der Waals surface area contributed by atoms with Crippen LogP contribution in [0.15, 0.2) is 33.9 Å². The second-order valence-corrected chi connectivity index (χ2v) is 4.27. The Bertz CT molecular complexity index is 790. The topological polar surface area (TPSA) is 75.1 Å². The van der Waals surface area contributed by atoms with Gasteiger partial charge >= 0.3 is 11.9 Å². The number of para-hydroxylation sites is 1. The molecule has 0 aliphatic carbocycles. The van der Waals surface area contributed by atoms with Crippen LogP contribution in [0.25, 0.3) is 5.69 Å². The van der Waals surface area contributed by atoms with Crippen molar-refractivity contribution in [2.45, 2.75) is 19.5 Å². The van der Waals surface area contributed by atoms with Gasteiger partial charge in [0.05, 0.1) is 16.8 Å². The highest BCUT2D eigenvalue weighted by atomic mass is 19.4. The number of aromatic amines is 1. The van der Waals surface area contributed by atoms with Crippen LogP contribution in [0.2, 0.25) is 0 Å². The van der Waals surface area contributed by atoms with E-state index in [0.29, 0.717) is 4.57 Å². The van der Waals surface area contributed by atoms with Gasteiger partial charge in [0.15, 0.2) is 0 Å². The van der Waals surface area contributed by atoms with Crippen molar-refractivity contribution in [1.29, 1.82) is 0 Å². The number of alkyl halides is 3. The number of hydrogen-bond donors (Lipinski definition) is 2. The van der Waals surface area contributed by atoms with E-state index in [9.17, 15) is 27.9 Å². The van der Waals surface area contributed by atoms with Crippen molar-refractivity contribution in [2.75, 3.05) is 0 Å². The zero-order chi connectivity index (χ0) is 15.8. The van der Waals surface area contributed by atoms with Gasteiger partial charge in [-0.15, -0.1) is 0 Å². The van der Waals surface area contributed by atoms with Gasteiger partial charge in [-0.1, -0.05) is 19.1 Å². The molecule has 0 bridgehead atoms. The molecule has 1 aromatic heterocycles. The van der Waals surface area contributed by atoms with Gasteiger partial charge in [-0.25, -0.2) is 9.36 Å². The van der Waals surface area contributed by atoms with Crippen molar-refractivity contribution in [3.63, 3.8) is 0 Å². The summed E-state index contributed by atoms with van der Waals surface area (Å²) in [4.78, 5) is 25.2. The lowest BCUT2D eigenvalue weighted by Crippen LogP contribution is -2.32. The lowest BCUT2D eigenvalue weighted by atomic mass is 10.1. The van der Waals surface area contributed by atoms with Gasteiger partial charge in [-0.2, -0.15) is 13.2 Å². The van der Waals surface area contributed by atoms with E-state index >= 15 is 0 Å². The molecule has 8 heteroatoms. The van der Waals surface area contributed by atoms with Crippen LogP contribution in [-0.2, 0) is 12.6 Å². The van der Waals surface area contributed by atoms with Gasteiger partial charge < -0.3 is 5.11 Å². The van der Waals surface area contributed by atoms with Gasteiger partial charge in [0.2, 0.25) is 5.88 Å². The number of nitrogens with zero attached hydrogens (tertiary/aromatic N) is 1. The van der Waals surface area contributed by atoms with E-state index < -0.39 is 34.6 Å². The maximum atomic E-state index is 13.0. The molecule has 0 amide bonds. The molecule has 0 atom stereocenters. The molecule has 2 N–H and O–H groups in total. The molecule has 2 rings (SSSR count). The van der Waals surface area contributed by atoms with E-state index in [1.54, 1.807) is 0 Å². The monoisotopic (exact) mass is 300 g/mol. The first-order chi connectivity index (χ1) is 9.77. The van der Waals surface area contributed by atoms with Crippen molar-refractivity contribution in [3.8, 4) is 11.6 Å². The molecule has 0 aliphatic rings. The number of H-pyrrole nitrogens is 1. The Morgan fingerprint density at radius 2 is 1.86 bits per heavy atom. The molecule has 21 heavy (non-hydrogen) atoms. The molecule has 2 aromatic rings. The highest BCUT2D eigenvalue weighted by Gasteiger charge is 2.34. The maximum absolute atomic E-state index is 13.0. The van der Waals surface area contributed by atoms with E-state index in [1.165, 1.54) is 19.1 Å². The summed E-state index contributed by atoms with van der Waals surface area (Å²) in [5.74, 6) is -0.789. The fraction of sp³-hybridized carbons (Fsp3) is 0.231. The van der Waals surface area contributed by atoms with Crippen LogP contribution in [0.1, 0.15) is 18.1 Å². The molecule has 0 fully saturated rings. The molecule has 1 heterocycles. The fourth-order valence-electron chi connectivity index (χ4n) is 2.01. The van der Waals surface area contributed by atoms with Crippen molar-refractivity contribution in [2.24, 2.45) is 0 Å². The minimum atomic E-state index is -4.70. The number of nitrogens with one attached hydrogen (secondary N) is 1. The highest BCUT2D eigenvalue weighted by Crippen LogP contribution is 2.34. The standard InChI is InChI=1S/C13H11F3N2O3/c1-2-7-10(19)17-12(21)18(11(7)20)9-6-4-3-5-8(9)13(14,15)16/h3-6,20H,2H2,1H3,(H,17,19,21). The van der Waals surface area contributed by atoms with E-state index in [4.69, 9.17) is 0 Å². The summed E-state index contributed by atoms with van der Waals surface area (Å²) in [6.45, 7) is 1.54. The van der Waals surface area contributed by atoms with Gasteiger partial charge in [0, 0.05) is 0 Å². The lowest BCUT2D eigenvalue weighted by Gasteiger charge is -2.16. The number of benzene rings is 1. The normalized spacial score (nSPS) is 11.6. The van der Waals surface area contributed by atoms with Crippen LogP contribution < -0.4 is 11.2 Å². The molecule has 0 aliphatic heterocycles. The number of rotatable bonds is 2. The Kier molecular flexibility index (Phi) is 3.63. The predicted octanol–water partition coefficient (Wildman–Crippen LogP) is 1.81. The van der Waals surface area contributed by atoms with Gasteiger partial charge in [0.25, 0.3) is 5.56 Å². The van der Waals surface area contributed by atoms with Gasteiger partial charge in [-0.05, 0) is 18.6 Å². The number of aromatic hydroxyl groups is 1. The third kappa shape index (κ3) is 2.56. The predicted molar refractivity (Wildman–Crippen MR) is 68.7 cm³/mol. The Labute approximate surface area is 116 Å². The molecule has 0 radical (unpaired) electrons. The van der Waals surface area contributed by atoms with Crippen LogP contribution in [0.4, 0.5) is 13.2 Å². The van der Waals surface area contributed by atoms with E-state index in [-0.39, 0.29) is 12.0 Å². The second-order valence-electron chi connectivity index (χ2n) is 4.27. The third-order valence-electron chi connectivity index (χ3n) is 2.98. The summed E-state index contributed by atoms with van der Waals surface area (Å²) in [6, 6.07) is 4.30. The molecule has 0 saturated carbocycles. The highest BCUT2D eigenvalue weighted by molar-refractivity contribution is 5.46. The lowest BCUT2D eigenvalue weighted by molar-refractivity contribution is -0.137. The minimum Gasteiger partial charge on any atom is -0.494 e. The third-order valence-corrected chi connectivity index (χ3v) is 2.98. The van der Waals surface area contributed by atoms with Gasteiger partial charge in [-0.3, -0.25) is 9.78 Å². The molecular weight excluding hydrogens is 289 g/mol. The minimum absolute atomic E-state index is 0.0651. The summed E-state index contributed by atoms with van der Waals surface area (Å²) in [5, 5.41) is 9.97. The smallest absolute Gasteiger partial charge is 0.418 e. The molecule has 5 nitrogen and oxygen atoms in total. The van der Waals surface area contributed by atoms with E-state index in [0.717, 1.165) is 12.1 Å². The number of hydrogen-bond acceptors (Lipinski definition) is 3. The first-order valence-corrected chi connectivity index (χ1v) is 6.01. The van der Waals surface area contributed by atoms with Crippen molar-refractivity contribution in [3.05, 3.63) is 56.2 Å². The number of aromatic nitrogens is 2. The summed E-state index contributed by atoms with van der Waals surface area (Å²) < 4.78 is 39.4. The average molecular weight is 300 g/mol. The van der Waals surface area contributed by atoms with Crippen LogP contribution in [0.3, 0.4) is 0 Å². The van der Waals surface area contributed by atoms with Crippen molar-refractivity contribution < 1.29 is 18.3 Å². The summed E-state index contributed by atoms with van der Waals surface area (Å²) in [5.41, 5.74) is -3.74. The molecule has 0 spiro atoms. The summed E-state index contributed by atoms with van der Waals surface area (Å²) >= 11 is 0. The largest absolute Gasteiger partial charge is 0.494 e. The average Bonchev–Trinajstić information content (AvgIpc) is 2.38. The van der Waals surface area contributed by atoms with Crippen molar-refractivity contribution >= 4 is 0 Å². The maximum Gasteiger partial charge on any atom is 0.418 e. The molecule has 0 unspecified atom stereocenters. The molecule has 1 aromatic carbocycles. The van der Waals surface area contributed by atoms with Gasteiger partial charge in [0.1, 0.15) is 0 Å². The molecular formula is C13H11F3N2O3. The van der Waals surface area contributed by atoms with Crippen molar-refractivity contribution in [1.82, 2.24) is 9.55 Å². The van der Waals surface area contributed by atoms with Crippen LogP contribution in [0.5, 0.6) is 5.88 Å². The zero-order valence-electron chi connectivity index (χ0n) is 10.9. The first kappa shape index (κ1) is 14.9. The SMILES string of the molecule is CCc1c(O)n(-c2ccccc2C(F)(F)F)c(=O)[nH]c1=O. The summed E-state index contributed by atoms with van der Waals surface area (Å²) in [6.07, 6.45) is -4.64. The Morgan fingerprint density at radius 1 is 1.24 bits per heavy atom. The second kappa shape index (κ2) is 5.12. The molecule has 0 saturated heterocycles. The quantitative estimate of drug-likeness (QED) is 0.888. The first-order valence-electron chi connectivity index (χ1n) is 6.01. The Hall–Kier alpha value is -2.51. The van der Waals surface area contributed by atoms with Crippen LogP contribution >= 0.6 is 0 Å². The Morgan fingerprint density at radius 3 is 2.43 bits per heavy atom. The molecule has 112 valence electrons. The van der Waals surface area contributed by atoms with Crippen LogP contribution in [-0.4, -0.2) is 14.7 Å².